The van der Waals surface area contributed by atoms with Crippen molar-refractivity contribution in [3.8, 4) is 0 Å². The van der Waals surface area contributed by atoms with E-state index in [9.17, 15) is 9.59 Å². The van der Waals surface area contributed by atoms with E-state index in [-0.39, 0.29) is 23.7 Å². The van der Waals surface area contributed by atoms with E-state index >= 15 is 0 Å². The smallest absolute Gasteiger partial charge is 0.410 e. The predicted octanol–water partition coefficient (Wildman–Crippen LogP) is 2.80. The van der Waals surface area contributed by atoms with Gasteiger partial charge in [-0.2, -0.15) is 0 Å². The topological polar surface area (TPSA) is 55.8 Å². The molecule has 1 amide bonds. The van der Waals surface area contributed by atoms with Crippen molar-refractivity contribution in [2.75, 3.05) is 26.3 Å². The van der Waals surface area contributed by atoms with Crippen LogP contribution in [0.3, 0.4) is 0 Å². The summed E-state index contributed by atoms with van der Waals surface area (Å²) < 4.78 is 11.2. The molecule has 0 spiro atoms. The molecule has 3 rings (SSSR count). The molecule has 2 atom stereocenters. The summed E-state index contributed by atoms with van der Waals surface area (Å²) in [7, 11) is 0. The first-order valence-corrected chi connectivity index (χ1v) is 7.97. The zero-order valence-electron chi connectivity index (χ0n) is 14.1. The van der Waals surface area contributed by atoms with E-state index in [2.05, 4.69) is 6.08 Å². The number of amides is 1. The number of hydrogen-bond acceptors (Lipinski definition) is 4. The second kappa shape index (κ2) is 6.82. The van der Waals surface area contributed by atoms with Gasteiger partial charge in [-0.05, 0) is 34.1 Å². The number of carbonyl (C=O) groups is 2. The molecule has 3 aliphatic heterocycles. The van der Waals surface area contributed by atoms with Crippen LogP contribution in [0.15, 0.2) is 11.6 Å². The highest BCUT2D eigenvalue weighted by Crippen LogP contribution is 2.27. The van der Waals surface area contributed by atoms with E-state index < -0.39 is 5.60 Å². The maximum atomic E-state index is 12.4. The van der Waals surface area contributed by atoms with Crippen LogP contribution in [0.5, 0.6) is 0 Å². The lowest BCUT2D eigenvalue weighted by atomic mass is 9.89. The molecule has 124 valence electrons. The second-order valence-electron chi connectivity index (χ2n) is 7.46. The molecule has 0 aliphatic carbocycles. The fourth-order valence-electron chi connectivity index (χ4n) is 3.08. The van der Waals surface area contributed by atoms with Crippen LogP contribution in [-0.2, 0) is 14.3 Å². The van der Waals surface area contributed by atoms with Gasteiger partial charge in [-0.3, -0.25) is 4.79 Å². The largest absolute Gasteiger partial charge is 0.444 e. The van der Waals surface area contributed by atoms with Crippen molar-refractivity contribution in [2.45, 2.75) is 46.1 Å². The van der Waals surface area contributed by atoms with Crippen molar-refractivity contribution >= 4 is 11.9 Å². The molecule has 0 aromatic carbocycles. The van der Waals surface area contributed by atoms with Gasteiger partial charge in [0.15, 0.2) is 0 Å². The number of nitrogens with zero attached hydrogens (tertiary/aromatic N) is 1. The first-order valence-electron chi connectivity index (χ1n) is 7.97. The molecule has 3 aliphatic rings. The standard InChI is InChI=1S/C17H27NO4/c1-12(19)5-13-6-14-8-18(16(20)22-17(2,3)4)9-15(7-13)11-21-10-14/h6,14-15H,5,7-11H2,1-4H3/b13-6-. The zero-order chi connectivity index (χ0) is 16.3. The first kappa shape index (κ1) is 17.0. The fourth-order valence-corrected chi connectivity index (χ4v) is 3.08. The molecule has 2 bridgehead atoms. The molecular formula is C17H27NO4. The Morgan fingerprint density at radius 2 is 2.05 bits per heavy atom. The van der Waals surface area contributed by atoms with Crippen LogP contribution in [-0.4, -0.2) is 48.7 Å². The summed E-state index contributed by atoms with van der Waals surface area (Å²) in [5.41, 5.74) is 0.704. The predicted molar refractivity (Wildman–Crippen MR) is 83.6 cm³/mol. The average Bonchev–Trinajstić information content (AvgIpc) is 2.26. The molecule has 5 heteroatoms. The zero-order valence-corrected chi connectivity index (χ0v) is 14.1. The lowest BCUT2D eigenvalue weighted by molar-refractivity contribution is -0.116. The molecule has 0 saturated carbocycles. The van der Waals surface area contributed by atoms with Crippen molar-refractivity contribution in [2.24, 2.45) is 11.8 Å². The molecule has 1 fully saturated rings. The van der Waals surface area contributed by atoms with E-state index in [4.69, 9.17) is 9.47 Å². The van der Waals surface area contributed by atoms with Crippen molar-refractivity contribution < 1.29 is 19.1 Å². The molecule has 22 heavy (non-hydrogen) atoms. The van der Waals surface area contributed by atoms with Gasteiger partial charge in [-0.1, -0.05) is 11.6 Å². The number of fused-ring (bicyclic) bond motifs is 5. The van der Waals surface area contributed by atoms with E-state index in [1.54, 1.807) is 11.8 Å². The molecular weight excluding hydrogens is 282 g/mol. The Morgan fingerprint density at radius 3 is 2.68 bits per heavy atom. The van der Waals surface area contributed by atoms with Crippen molar-refractivity contribution in [3.63, 3.8) is 0 Å². The summed E-state index contributed by atoms with van der Waals surface area (Å²) in [6.45, 7) is 9.70. The van der Waals surface area contributed by atoms with Gasteiger partial charge in [-0.15, -0.1) is 0 Å². The third-order valence-electron chi connectivity index (χ3n) is 3.77. The van der Waals surface area contributed by atoms with Crippen molar-refractivity contribution in [3.05, 3.63) is 11.6 Å². The maximum Gasteiger partial charge on any atom is 0.410 e. The van der Waals surface area contributed by atoms with Gasteiger partial charge < -0.3 is 14.4 Å². The molecule has 5 nitrogen and oxygen atoms in total. The minimum atomic E-state index is -0.485. The van der Waals surface area contributed by atoms with Gasteiger partial charge in [0.05, 0.1) is 13.2 Å². The van der Waals surface area contributed by atoms with E-state index in [0.717, 1.165) is 6.42 Å². The van der Waals surface area contributed by atoms with Gasteiger partial charge in [0.25, 0.3) is 0 Å². The molecule has 2 unspecified atom stereocenters. The Balaban J connectivity index is 2.12. The highest BCUT2D eigenvalue weighted by atomic mass is 16.6. The maximum absolute atomic E-state index is 12.4. The number of Topliss-reactive ketones (excluding diaryl/α,β-unsaturated/α-hetero) is 1. The number of rotatable bonds is 2. The average molecular weight is 309 g/mol. The lowest BCUT2D eigenvalue weighted by Gasteiger charge is -2.36. The van der Waals surface area contributed by atoms with Crippen LogP contribution < -0.4 is 0 Å². The number of ketones is 1. The van der Waals surface area contributed by atoms with Crippen LogP contribution in [0.2, 0.25) is 0 Å². The minimum absolute atomic E-state index is 0.128. The Kier molecular flexibility index (Phi) is 5.27. The van der Waals surface area contributed by atoms with Crippen molar-refractivity contribution in [1.82, 2.24) is 4.90 Å². The SMILES string of the molecule is CC(=O)C/C1=C/C2COCC(C1)CN(C(=O)OC(C)(C)C)C2. The third kappa shape index (κ3) is 5.13. The summed E-state index contributed by atoms with van der Waals surface area (Å²) in [5.74, 6) is 0.539. The molecule has 1 saturated heterocycles. The first-order chi connectivity index (χ1) is 10.2. The van der Waals surface area contributed by atoms with Gasteiger partial charge in [0.2, 0.25) is 0 Å². The van der Waals surface area contributed by atoms with Gasteiger partial charge in [-0.25, -0.2) is 4.79 Å². The highest BCUT2D eigenvalue weighted by Gasteiger charge is 2.31. The summed E-state index contributed by atoms with van der Waals surface area (Å²) in [6.07, 6.45) is 3.20. The van der Waals surface area contributed by atoms with E-state index in [1.807, 2.05) is 20.8 Å². The fraction of sp³-hybridized carbons (Fsp3) is 0.765. The van der Waals surface area contributed by atoms with Crippen molar-refractivity contribution in [1.29, 1.82) is 0 Å². The van der Waals surface area contributed by atoms with Gasteiger partial charge in [0.1, 0.15) is 11.4 Å². The number of ether oxygens (including phenoxy) is 2. The Labute approximate surface area is 132 Å². The molecule has 3 heterocycles. The summed E-state index contributed by atoms with van der Waals surface area (Å²) in [6, 6.07) is 0. The van der Waals surface area contributed by atoms with Crippen LogP contribution in [0.25, 0.3) is 0 Å². The number of allylic oxidation sites excluding steroid dienone is 1. The molecule has 0 aromatic heterocycles. The lowest BCUT2D eigenvalue weighted by Crippen LogP contribution is -2.46. The third-order valence-corrected chi connectivity index (χ3v) is 3.77. The summed E-state index contributed by atoms with van der Waals surface area (Å²) in [5, 5.41) is 0. The number of hydrogen-bond donors (Lipinski definition) is 0. The highest BCUT2D eigenvalue weighted by molar-refractivity contribution is 5.78. The quantitative estimate of drug-likeness (QED) is 0.736. The summed E-state index contributed by atoms with van der Waals surface area (Å²) in [4.78, 5) is 25.6. The Hall–Kier alpha value is -1.36. The minimum Gasteiger partial charge on any atom is -0.444 e. The van der Waals surface area contributed by atoms with Crippen LogP contribution in [0, 0.1) is 11.8 Å². The van der Waals surface area contributed by atoms with Crippen LogP contribution >= 0.6 is 0 Å². The molecule has 0 radical (unpaired) electrons. The van der Waals surface area contributed by atoms with Gasteiger partial charge in [0, 0.05) is 31.3 Å². The Morgan fingerprint density at radius 1 is 1.32 bits per heavy atom. The monoisotopic (exact) mass is 309 g/mol. The normalized spacial score (nSPS) is 28.2. The van der Waals surface area contributed by atoms with E-state index in [1.165, 1.54) is 5.57 Å². The van der Waals surface area contributed by atoms with E-state index in [0.29, 0.717) is 32.7 Å². The molecule has 0 aromatic rings. The summed E-state index contributed by atoms with van der Waals surface area (Å²) >= 11 is 0. The number of carbonyl (C=O) groups excluding carboxylic acids is 2. The van der Waals surface area contributed by atoms with Crippen LogP contribution in [0.4, 0.5) is 4.79 Å². The van der Waals surface area contributed by atoms with Gasteiger partial charge >= 0.3 is 6.09 Å². The second-order valence-corrected chi connectivity index (χ2v) is 7.46. The Bertz CT molecular complexity index is 464. The molecule has 0 N–H and O–H groups in total. The van der Waals surface area contributed by atoms with Crippen LogP contribution in [0.1, 0.15) is 40.5 Å².